The number of aromatic nitrogens is 2. The van der Waals surface area contributed by atoms with Crippen LogP contribution in [0.5, 0.6) is 0 Å². The molecular formula is C13H15N3O3S. The molecule has 6 nitrogen and oxygen atoms in total. The van der Waals surface area contributed by atoms with Gasteiger partial charge in [0.2, 0.25) is 5.56 Å². The van der Waals surface area contributed by atoms with E-state index in [1.807, 2.05) is 0 Å². The average Bonchev–Trinajstić information content (AvgIpc) is 2.90. The van der Waals surface area contributed by atoms with E-state index < -0.39 is 0 Å². The molecule has 20 heavy (non-hydrogen) atoms. The third-order valence-electron chi connectivity index (χ3n) is 2.68. The fourth-order valence-electron chi connectivity index (χ4n) is 1.69. The number of ether oxygens (including phenoxy) is 1. The van der Waals surface area contributed by atoms with Crippen LogP contribution in [0.2, 0.25) is 0 Å². The van der Waals surface area contributed by atoms with E-state index in [4.69, 9.17) is 4.74 Å². The zero-order valence-electron chi connectivity index (χ0n) is 11.0. The Hall–Kier alpha value is -1.99. The highest BCUT2D eigenvalue weighted by molar-refractivity contribution is 7.11. The molecule has 7 heteroatoms. The van der Waals surface area contributed by atoms with Crippen LogP contribution in [0.25, 0.3) is 0 Å². The molecule has 0 aliphatic carbocycles. The molecule has 106 valence electrons. The number of carbonyl (C=O) groups is 1. The van der Waals surface area contributed by atoms with E-state index in [0.717, 1.165) is 5.56 Å². The molecule has 0 unspecified atom stereocenters. The van der Waals surface area contributed by atoms with Gasteiger partial charge in [0.05, 0.1) is 17.8 Å². The molecule has 2 heterocycles. The lowest BCUT2D eigenvalue weighted by atomic mass is 10.2. The maximum absolute atomic E-state index is 12.0. The van der Waals surface area contributed by atoms with Gasteiger partial charge in [-0.25, -0.2) is 4.98 Å². The molecule has 2 aromatic rings. The second kappa shape index (κ2) is 6.97. The number of carbonyl (C=O) groups excluding carboxylic acids is 1. The van der Waals surface area contributed by atoms with Gasteiger partial charge in [0.15, 0.2) is 0 Å². The first kappa shape index (κ1) is 14.4. The Morgan fingerprint density at radius 3 is 3.05 bits per heavy atom. The minimum absolute atomic E-state index is 0.133. The summed E-state index contributed by atoms with van der Waals surface area (Å²) < 4.78 is 4.99. The Balaban J connectivity index is 1.87. The van der Waals surface area contributed by atoms with Gasteiger partial charge in [-0.1, -0.05) is 6.07 Å². The van der Waals surface area contributed by atoms with E-state index in [-0.39, 0.29) is 11.5 Å². The number of hydrogen-bond donors (Lipinski definition) is 2. The largest absolute Gasteiger partial charge is 0.378 e. The van der Waals surface area contributed by atoms with Crippen molar-refractivity contribution < 1.29 is 9.53 Å². The van der Waals surface area contributed by atoms with E-state index in [2.05, 4.69) is 15.3 Å². The summed E-state index contributed by atoms with van der Waals surface area (Å²) in [5.74, 6) is -0.149. The zero-order valence-corrected chi connectivity index (χ0v) is 11.8. The predicted octanol–water partition coefficient (Wildman–Crippen LogP) is 0.950. The van der Waals surface area contributed by atoms with Gasteiger partial charge in [0.1, 0.15) is 4.88 Å². The van der Waals surface area contributed by atoms with E-state index >= 15 is 0 Å². The van der Waals surface area contributed by atoms with E-state index in [1.165, 1.54) is 17.4 Å². The van der Waals surface area contributed by atoms with Gasteiger partial charge in [0.25, 0.3) is 5.91 Å². The van der Waals surface area contributed by atoms with Crippen LogP contribution in [0.3, 0.4) is 0 Å². The Kier molecular flexibility index (Phi) is 5.03. The summed E-state index contributed by atoms with van der Waals surface area (Å²) in [7, 11) is 1.57. The first-order chi connectivity index (χ1) is 9.70. The van der Waals surface area contributed by atoms with Crippen LogP contribution in [0.1, 0.15) is 20.9 Å². The summed E-state index contributed by atoms with van der Waals surface area (Å²) in [6.07, 6.45) is 2.30. The van der Waals surface area contributed by atoms with Crippen LogP contribution in [-0.2, 0) is 17.8 Å². The highest BCUT2D eigenvalue weighted by atomic mass is 32.1. The molecule has 0 saturated carbocycles. The second-order valence-electron chi connectivity index (χ2n) is 4.13. The summed E-state index contributed by atoms with van der Waals surface area (Å²) in [4.78, 5) is 30.2. The Morgan fingerprint density at radius 2 is 2.35 bits per heavy atom. The molecule has 0 aliphatic heterocycles. The molecule has 0 aliphatic rings. The van der Waals surface area contributed by atoms with Gasteiger partial charge in [-0.3, -0.25) is 9.59 Å². The molecule has 0 saturated heterocycles. The second-order valence-corrected chi connectivity index (χ2v) is 4.98. The molecule has 0 atom stereocenters. The zero-order chi connectivity index (χ0) is 14.4. The fraction of sp³-hybridized carbons (Fsp3) is 0.308. The van der Waals surface area contributed by atoms with Gasteiger partial charge >= 0.3 is 0 Å². The summed E-state index contributed by atoms with van der Waals surface area (Å²) in [6, 6.07) is 3.21. The van der Waals surface area contributed by atoms with Crippen molar-refractivity contribution in [3.8, 4) is 0 Å². The lowest BCUT2D eigenvalue weighted by Crippen LogP contribution is -2.26. The minimum atomic E-state index is -0.149. The molecule has 0 radical (unpaired) electrons. The SMILES string of the molecule is COCc1ncsc1C(=O)NCCc1ccc(=O)[nH]c1. The first-order valence-corrected chi connectivity index (χ1v) is 6.96. The normalized spacial score (nSPS) is 10.4. The summed E-state index contributed by atoms with van der Waals surface area (Å²) >= 11 is 1.30. The molecule has 2 aromatic heterocycles. The quantitative estimate of drug-likeness (QED) is 0.830. The van der Waals surface area contributed by atoms with Crippen molar-refractivity contribution in [2.75, 3.05) is 13.7 Å². The lowest BCUT2D eigenvalue weighted by Gasteiger charge is -2.05. The molecule has 0 spiro atoms. The van der Waals surface area contributed by atoms with Crippen molar-refractivity contribution in [1.29, 1.82) is 0 Å². The molecular weight excluding hydrogens is 278 g/mol. The number of H-pyrrole nitrogens is 1. The van der Waals surface area contributed by atoms with Gasteiger partial charge in [-0.05, 0) is 12.0 Å². The Morgan fingerprint density at radius 1 is 1.50 bits per heavy atom. The molecule has 0 fully saturated rings. The van der Waals surface area contributed by atoms with Gasteiger partial charge in [-0.15, -0.1) is 11.3 Å². The molecule has 2 rings (SSSR count). The topological polar surface area (TPSA) is 84.1 Å². The van der Waals surface area contributed by atoms with Crippen molar-refractivity contribution in [2.45, 2.75) is 13.0 Å². The van der Waals surface area contributed by atoms with E-state index in [1.54, 1.807) is 24.9 Å². The summed E-state index contributed by atoms with van der Waals surface area (Å²) in [6.45, 7) is 0.821. The van der Waals surface area contributed by atoms with Gasteiger partial charge in [-0.2, -0.15) is 0 Å². The van der Waals surface area contributed by atoms with Crippen molar-refractivity contribution in [3.63, 3.8) is 0 Å². The Bertz CT molecular complexity index is 615. The molecule has 1 amide bonds. The number of hydrogen-bond acceptors (Lipinski definition) is 5. The van der Waals surface area contributed by atoms with Gasteiger partial charge in [0, 0.05) is 25.9 Å². The van der Waals surface area contributed by atoms with Crippen molar-refractivity contribution in [1.82, 2.24) is 15.3 Å². The van der Waals surface area contributed by atoms with E-state index in [9.17, 15) is 9.59 Å². The fourth-order valence-corrected chi connectivity index (χ4v) is 2.40. The number of thiazole rings is 1. The van der Waals surface area contributed by atoms with Crippen LogP contribution in [0.4, 0.5) is 0 Å². The highest BCUT2D eigenvalue weighted by Crippen LogP contribution is 2.13. The number of rotatable bonds is 6. The smallest absolute Gasteiger partial charge is 0.263 e. The number of nitrogens with zero attached hydrogens (tertiary/aromatic N) is 1. The van der Waals surface area contributed by atoms with Crippen molar-refractivity contribution in [3.05, 3.63) is 50.3 Å². The maximum Gasteiger partial charge on any atom is 0.263 e. The van der Waals surface area contributed by atoms with E-state index in [0.29, 0.717) is 30.1 Å². The Labute approximate surface area is 119 Å². The van der Waals surface area contributed by atoms with Crippen molar-refractivity contribution >= 4 is 17.2 Å². The average molecular weight is 293 g/mol. The first-order valence-electron chi connectivity index (χ1n) is 6.08. The van der Waals surface area contributed by atoms with Crippen LogP contribution >= 0.6 is 11.3 Å². The number of nitrogens with one attached hydrogen (secondary N) is 2. The van der Waals surface area contributed by atoms with Crippen molar-refractivity contribution in [2.24, 2.45) is 0 Å². The summed E-state index contributed by atoms with van der Waals surface area (Å²) in [5.41, 5.74) is 3.11. The molecule has 0 aromatic carbocycles. The maximum atomic E-state index is 12.0. The monoisotopic (exact) mass is 293 g/mol. The summed E-state index contributed by atoms with van der Waals surface area (Å²) in [5, 5.41) is 2.83. The predicted molar refractivity (Wildman–Crippen MR) is 75.9 cm³/mol. The number of amides is 1. The van der Waals surface area contributed by atoms with Crippen LogP contribution < -0.4 is 10.9 Å². The van der Waals surface area contributed by atoms with Gasteiger partial charge < -0.3 is 15.0 Å². The number of methoxy groups -OCH3 is 1. The van der Waals surface area contributed by atoms with Crippen LogP contribution in [-0.4, -0.2) is 29.5 Å². The van der Waals surface area contributed by atoms with Crippen LogP contribution in [0, 0.1) is 0 Å². The minimum Gasteiger partial charge on any atom is -0.378 e. The third-order valence-corrected chi connectivity index (χ3v) is 3.54. The highest BCUT2D eigenvalue weighted by Gasteiger charge is 2.13. The lowest BCUT2D eigenvalue weighted by molar-refractivity contribution is 0.0953. The number of aromatic amines is 1. The van der Waals surface area contributed by atoms with Crippen LogP contribution in [0.15, 0.2) is 28.6 Å². The molecule has 2 N–H and O–H groups in total. The molecule has 0 bridgehead atoms. The standard InChI is InChI=1S/C13H15N3O3S/c1-19-7-10-12(20-8-16-10)13(18)14-5-4-9-2-3-11(17)15-6-9/h2-3,6,8H,4-5,7H2,1H3,(H,14,18)(H,15,17). The number of pyridine rings is 1. The third kappa shape index (κ3) is 3.75.